The van der Waals surface area contributed by atoms with E-state index in [4.69, 9.17) is 9.47 Å². The Hall–Kier alpha value is -1.13. The van der Waals surface area contributed by atoms with Gasteiger partial charge in [0.25, 0.3) is 0 Å². The van der Waals surface area contributed by atoms with Crippen LogP contribution in [0.4, 0.5) is 0 Å². The minimum absolute atomic E-state index is 0. The van der Waals surface area contributed by atoms with Crippen LogP contribution in [0.2, 0.25) is 0 Å². The van der Waals surface area contributed by atoms with Gasteiger partial charge < -0.3 is 14.7 Å². The first-order valence-electron chi connectivity index (χ1n) is 9.00. The molecule has 1 N–H and O–H groups in total. The number of allylic oxidation sites excluding steroid dienone is 1. The first-order valence-corrected chi connectivity index (χ1v) is 9.00. The van der Waals surface area contributed by atoms with Crippen molar-refractivity contribution in [3.63, 3.8) is 0 Å². The van der Waals surface area contributed by atoms with E-state index in [1.165, 1.54) is 10.6 Å². The van der Waals surface area contributed by atoms with E-state index in [0.29, 0.717) is 19.8 Å². The molecule has 2 heterocycles. The van der Waals surface area contributed by atoms with E-state index in [9.17, 15) is 5.21 Å². The van der Waals surface area contributed by atoms with Crippen molar-refractivity contribution in [2.75, 3.05) is 13.2 Å². The maximum atomic E-state index is 10.2. The summed E-state index contributed by atoms with van der Waals surface area (Å²) in [7, 11) is 0. The van der Waals surface area contributed by atoms with Crippen LogP contribution in [-0.2, 0) is 16.0 Å². The predicted octanol–water partition coefficient (Wildman–Crippen LogP) is 3.79. The molecule has 1 saturated heterocycles. The van der Waals surface area contributed by atoms with E-state index in [1.807, 2.05) is 42.5 Å². The normalized spacial score (nSPS) is 18.2. The summed E-state index contributed by atoms with van der Waals surface area (Å²) in [5.74, 6) is -0.400. The Morgan fingerprint density at radius 2 is 1.93 bits per heavy atom. The number of benzene rings is 1. The van der Waals surface area contributed by atoms with Crippen LogP contribution >= 0.6 is 0 Å². The minimum Gasteiger partial charge on any atom is -0.347 e. The van der Waals surface area contributed by atoms with Gasteiger partial charge in [0, 0.05) is 56.7 Å². The zero-order valence-electron chi connectivity index (χ0n) is 15.2. The van der Waals surface area contributed by atoms with Crippen LogP contribution in [0.15, 0.2) is 54.7 Å². The van der Waals surface area contributed by atoms with Gasteiger partial charge in [-0.25, -0.2) is 5.06 Å². The molecule has 1 aromatic carbocycles. The number of nitrogens with zero attached hydrogens (tertiary/aromatic N) is 2. The Labute approximate surface area is 183 Å². The van der Waals surface area contributed by atoms with E-state index in [2.05, 4.69) is 11.1 Å². The molecule has 0 saturated carbocycles. The van der Waals surface area contributed by atoms with Gasteiger partial charge in [0.05, 0.1) is 13.2 Å². The molecule has 1 aromatic heterocycles. The molecule has 1 aliphatic carbocycles. The average Bonchev–Trinajstić information content (AvgIpc) is 3.11. The Morgan fingerprint density at radius 3 is 2.63 bits per heavy atom. The Balaban J connectivity index is 0.00000210. The van der Waals surface area contributed by atoms with E-state index < -0.39 is 5.79 Å². The maximum Gasteiger partial charge on any atom is 0.172 e. The molecular formula is C21H23N2O3U-. The molecule has 0 amide bonds. The van der Waals surface area contributed by atoms with Crippen LogP contribution in [-0.4, -0.2) is 34.3 Å². The molecule has 1 fully saturated rings. The van der Waals surface area contributed by atoms with Crippen molar-refractivity contribution in [2.24, 2.45) is 0 Å². The summed E-state index contributed by atoms with van der Waals surface area (Å²) >= 11 is 0. The second-order valence-electron chi connectivity index (χ2n) is 6.72. The molecule has 6 heteroatoms. The van der Waals surface area contributed by atoms with Gasteiger partial charge in [-0.05, 0) is 12.0 Å². The molecular weight excluding hydrogens is 566 g/mol. The van der Waals surface area contributed by atoms with Crippen molar-refractivity contribution < 1.29 is 45.8 Å². The number of hydroxylamine groups is 2. The van der Waals surface area contributed by atoms with Gasteiger partial charge in [0.2, 0.25) is 0 Å². The van der Waals surface area contributed by atoms with Crippen molar-refractivity contribution in [1.82, 2.24) is 10.0 Å². The number of hydrogen-bond donors (Lipinski definition) is 1. The largest absolute Gasteiger partial charge is 0.347 e. The van der Waals surface area contributed by atoms with Crippen LogP contribution < -0.4 is 0 Å². The van der Waals surface area contributed by atoms with Gasteiger partial charge in [0.15, 0.2) is 5.79 Å². The van der Waals surface area contributed by atoms with Gasteiger partial charge >= 0.3 is 0 Å². The predicted molar refractivity (Wildman–Crippen MR) is 97.9 cm³/mol. The van der Waals surface area contributed by atoms with Crippen LogP contribution in [0.5, 0.6) is 0 Å². The topological polar surface area (TPSA) is 54.8 Å². The van der Waals surface area contributed by atoms with Gasteiger partial charge in [-0.15, -0.1) is 12.1 Å². The molecule has 2 aromatic rings. The third kappa shape index (κ3) is 5.23. The number of ether oxygens (including phenoxy) is 2. The molecule has 0 atom stereocenters. The first kappa shape index (κ1) is 20.6. The second kappa shape index (κ2) is 9.38. The van der Waals surface area contributed by atoms with Crippen molar-refractivity contribution in [3.8, 4) is 0 Å². The van der Waals surface area contributed by atoms with Crippen molar-refractivity contribution in [1.29, 1.82) is 0 Å². The van der Waals surface area contributed by atoms with E-state index in [1.54, 1.807) is 12.7 Å². The van der Waals surface area contributed by atoms with Crippen LogP contribution in [0.3, 0.4) is 0 Å². The Kier molecular flexibility index (Phi) is 7.16. The van der Waals surface area contributed by atoms with E-state index in [0.717, 1.165) is 36.1 Å². The Morgan fingerprint density at radius 1 is 1.15 bits per heavy atom. The fourth-order valence-corrected chi connectivity index (χ4v) is 3.52. The first-order chi connectivity index (χ1) is 12.7. The van der Waals surface area contributed by atoms with Gasteiger partial charge in [-0.2, -0.15) is 6.07 Å². The third-order valence-electron chi connectivity index (χ3n) is 4.87. The fraction of sp³-hybridized carbons (Fsp3) is 0.333. The number of hydrogen-bond acceptors (Lipinski definition) is 5. The number of rotatable bonds is 5. The summed E-state index contributed by atoms with van der Waals surface area (Å²) in [6.45, 7) is 3.45. The van der Waals surface area contributed by atoms with Gasteiger partial charge in [-0.3, -0.25) is 4.98 Å². The smallest absolute Gasteiger partial charge is 0.172 e. The SMILES string of the molecule is ON([CH-]c1cc(C2=CCC3(CC2)OCCO3)ccn1)Cc1ccccc1.[U]. The van der Waals surface area contributed by atoms with Crippen molar-refractivity contribution >= 4 is 5.57 Å². The number of aromatic nitrogens is 1. The zero-order valence-corrected chi connectivity index (χ0v) is 19.3. The summed E-state index contributed by atoms with van der Waals surface area (Å²) in [5, 5.41) is 11.4. The van der Waals surface area contributed by atoms with Crippen molar-refractivity contribution in [3.05, 3.63) is 78.1 Å². The summed E-state index contributed by atoms with van der Waals surface area (Å²) in [6, 6.07) is 13.9. The van der Waals surface area contributed by atoms with Gasteiger partial charge in [-0.1, -0.05) is 53.7 Å². The summed E-state index contributed by atoms with van der Waals surface area (Å²) in [4.78, 5) is 4.35. The van der Waals surface area contributed by atoms with Crippen LogP contribution in [0, 0.1) is 37.7 Å². The average molecular weight is 589 g/mol. The number of pyridine rings is 1. The summed E-state index contributed by atoms with van der Waals surface area (Å²) in [5.41, 5.74) is 4.18. The third-order valence-corrected chi connectivity index (χ3v) is 4.87. The van der Waals surface area contributed by atoms with Crippen LogP contribution in [0.25, 0.3) is 5.57 Å². The molecule has 2 aliphatic rings. The van der Waals surface area contributed by atoms with E-state index >= 15 is 0 Å². The molecule has 0 unspecified atom stereocenters. The molecule has 1 aliphatic heterocycles. The molecule has 0 radical (unpaired) electrons. The maximum absolute atomic E-state index is 10.2. The van der Waals surface area contributed by atoms with Crippen molar-refractivity contribution in [2.45, 2.75) is 31.6 Å². The quantitative estimate of drug-likeness (QED) is 0.425. The molecule has 5 nitrogen and oxygen atoms in total. The summed E-state index contributed by atoms with van der Waals surface area (Å²) in [6.07, 6.45) is 6.56. The molecule has 140 valence electrons. The van der Waals surface area contributed by atoms with E-state index in [-0.39, 0.29) is 31.1 Å². The second-order valence-corrected chi connectivity index (χ2v) is 6.72. The van der Waals surface area contributed by atoms with Crippen LogP contribution in [0.1, 0.15) is 36.1 Å². The monoisotopic (exact) mass is 589 g/mol. The zero-order chi connectivity index (χ0) is 17.8. The molecule has 27 heavy (non-hydrogen) atoms. The standard InChI is InChI=1S/C21H23N2O3.U/c24-23(15-17-4-2-1-3-5-17)16-20-14-19(8-11-22-20)18-6-9-21(10-7-18)25-12-13-26-21;/h1-6,8,11,14,16,24H,7,9-10,12-13,15H2;/q-1;. The van der Waals surface area contributed by atoms with Gasteiger partial charge in [0.1, 0.15) is 0 Å². The molecule has 0 bridgehead atoms. The Bertz CT molecular complexity index is 776. The fourth-order valence-electron chi connectivity index (χ4n) is 3.52. The molecule has 4 rings (SSSR count). The molecule has 1 spiro atoms. The minimum atomic E-state index is -0.400. The summed E-state index contributed by atoms with van der Waals surface area (Å²) < 4.78 is 11.5.